The predicted octanol–water partition coefficient (Wildman–Crippen LogP) is 2.60. The van der Waals surface area contributed by atoms with Crippen molar-refractivity contribution in [3.8, 4) is 0 Å². The lowest BCUT2D eigenvalue weighted by molar-refractivity contribution is 0.0955. The standard InChI is InChI=1S/C15H16ClN3O/c1-10-3-2-4-11(7-10)5-6-18-15(20)12-8-14(16)19-9-13(12)17/h2-4,7-9H,5-6,17H2,1H3,(H,18,20). The van der Waals surface area contributed by atoms with Crippen molar-refractivity contribution in [2.75, 3.05) is 12.3 Å². The van der Waals surface area contributed by atoms with E-state index < -0.39 is 0 Å². The lowest BCUT2D eigenvalue weighted by atomic mass is 10.1. The van der Waals surface area contributed by atoms with Crippen LogP contribution in [-0.2, 0) is 6.42 Å². The molecular weight excluding hydrogens is 274 g/mol. The highest BCUT2D eigenvalue weighted by Gasteiger charge is 2.10. The van der Waals surface area contributed by atoms with Gasteiger partial charge in [0.1, 0.15) is 5.15 Å². The Bertz CT molecular complexity index is 628. The van der Waals surface area contributed by atoms with Crippen molar-refractivity contribution in [2.45, 2.75) is 13.3 Å². The van der Waals surface area contributed by atoms with Gasteiger partial charge in [0.2, 0.25) is 0 Å². The number of amides is 1. The van der Waals surface area contributed by atoms with Crippen LogP contribution in [0.5, 0.6) is 0 Å². The second-order valence-electron chi connectivity index (χ2n) is 4.59. The van der Waals surface area contributed by atoms with Crippen LogP contribution in [0.1, 0.15) is 21.5 Å². The zero-order chi connectivity index (χ0) is 14.5. The number of aromatic nitrogens is 1. The number of hydrogen-bond donors (Lipinski definition) is 2. The highest BCUT2D eigenvalue weighted by molar-refractivity contribution is 6.29. The van der Waals surface area contributed by atoms with Crippen LogP contribution < -0.4 is 11.1 Å². The van der Waals surface area contributed by atoms with Gasteiger partial charge in [0.05, 0.1) is 17.4 Å². The number of nitrogens with two attached hydrogens (primary N) is 1. The van der Waals surface area contributed by atoms with Crippen LogP contribution in [0.15, 0.2) is 36.5 Å². The molecular formula is C15H16ClN3O. The summed E-state index contributed by atoms with van der Waals surface area (Å²) in [7, 11) is 0. The van der Waals surface area contributed by atoms with Crippen LogP contribution in [-0.4, -0.2) is 17.4 Å². The van der Waals surface area contributed by atoms with E-state index in [-0.39, 0.29) is 11.1 Å². The molecule has 0 aliphatic heterocycles. The second-order valence-corrected chi connectivity index (χ2v) is 4.98. The van der Waals surface area contributed by atoms with E-state index in [1.807, 2.05) is 25.1 Å². The predicted molar refractivity (Wildman–Crippen MR) is 80.9 cm³/mol. The van der Waals surface area contributed by atoms with Crippen LogP contribution in [0, 0.1) is 6.92 Å². The van der Waals surface area contributed by atoms with Gasteiger partial charge in [0.25, 0.3) is 5.91 Å². The lowest BCUT2D eigenvalue weighted by Crippen LogP contribution is -2.26. The van der Waals surface area contributed by atoms with E-state index in [4.69, 9.17) is 17.3 Å². The van der Waals surface area contributed by atoms with Gasteiger partial charge >= 0.3 is 0 Å². The molecule has 1 heterocycles. The van der Waals surface area contributed by atoms with Crippen LogP contribution in [0.2, 0.25) is 5.15 Å². The van der Waals surface area contributed by atoms with Gasteiger partial charge in [-0.2, -0.15) is 0 Å². The molecule has 0 atom stereocenters. The summed E-state index contributed by atoms with van der Waals surface area (Å²) < 4.78 is 0. The molecule has 0 fully saturated rings. The highest BCUT2D eigenvalue weighted by atomic mass is 35.5. The van der Waals surface area contributed by atoms with Crippen molar-refractivity contribution in [3.05, 3.63) is 58.4 Å². The number of nitrogens with zero attached hydrogens (tertiary/aromatic N) is 1. The minimum absolute atomic E-state index is 0.237. The van der Waals surface area contributed by atoms with E-state index >= 15 is 0 Å². The Morgan fingerprint density at radius 3 is 2.95 bits per heavy atom. The minimum atomic E-state index is -0.237. The van der Waals surface area contributed by atoms with Crippen LogP contribution in [0.3, 0.4) is 0 Å². The molecule has 3 N–H and O–H groups in total. The number of carbonyl (C=O) groups excluding carboxylic acids is 1. The molecule has 2 rings (SSSR count). The summed E-state index contributed by atoms with van der Waals surface area (Å²) in [4.78, 5) is 15.8. The number of rotatable bonds is 4. The number of anilines is 1. The smallest absolute Gasteiger partial charge is 0.253 e. The third kappa shape index (κ3) is 3.71. The Balaban J connectivity index is 1.94. The Hall–Kier alpha value is -2.07. The van der Waals surface area contributed by atoms with Crippen molar-refractivity contribution in [1.82, 2.24) is 10.3 Å². The fourth-order valence-corrected chi connectivity index (χ4v) is 2.08. The van der Waals surface area contributed by atoms with Gasteiger partial charge in [-0.1, -0.05) is 41.4 Å². The van der Waals surface area contributed by atoms with Crippen molar-refractivity contribution in [1.29, 1.82) is 0 Å². The largest absolute Gasteiger partial charge is 0.397 e. The molecule has 0 radical (unpaired) electrons. The molecule has 0 aliphatic rings. The van der Waals surface area contributed by atoms with Crippen molar-refractivity contribution in [2.24, 2.45) is 0 Å². The molecule has 104 valence electrons. The molecule has 1 aromatic heterocycles. The molecule has 4 nitrogen and oxygen atoms in total. The molecule has 0 unspecified atom stereocenters. The number of benzene rings is 1. The van der Waals surface area contributed by atoms with E-state index in [0.717, 1.165) is 6.42 Å². The van der Waals surface area contributed by atoms with Crippen molar-refractivity contribution >= 4 is 23.2 Å². The summed E-state index contributed by atoms with van der Waals surface area (Å²) in [5, 5.41) is 3.08. The van der Waals surface area contributed by atoms with Gasteiger partial charge in [-0.25, -0.2) is 4.98 Å². The number of carbonyl (C=O) groups is 1. The Morgan fingerprint density at radius 1 is 1.40 bits per heavy atom. The number of nitrogen functional groups attached to an aromatic ring is 1. The maximum atomic E-state index is 12.0. The minimum Gasteiger partial charge on any atom is -0.397 e. The Morgan fingerprint density at radius 2 is 2.20 bits per heavy atom. The van der Waals surface area contributed by atoms with E-state index in [0.29, 0.717) is 17.8 Å². The van der Waals surface area contributed by atoms with Gasteiger partial charge in [-0.05, 0) is 25.0 Å². The SMILES string of the molecule is Cc1cccc(CCNC(=O)c2cc(Cl)ncc2N)c1. The van der Waals surface area contributed by atoms with E-state index in [1.54, 1.807) is 0 Å². The summed E-state index contributed by atoms with van der Waals surface area (Å²) in [6, 6.07) is 9.66. The maximum absolute atomic E-state index is 12.0. The van der Waals surface area contributed by atoms with Gasteiger partial charge in [-0.3, -0.25) is 4.79 Å². The summed E-state index contributed by atoms with van der Waals surface area (Å²) in [5.74, 6) is -0.237. The first-order valence-corrected chi connectivity index (χ1v) is 6.69. The van der Waals surface area contributed by atoms with Gasteiger partial charge in [-0.15, -0.1) is 0 Å². The fraction of sp³-hybridized carbons (Fsp3) is 0.200. The van der Waals surface area contributed by atoms with Gasteiger partial charge in [0, 0.05) is 6.54 Å². The monoisotopic (exact) mass is 289 g/mol. The average molecular weight is 290 g/mol. The quantitative estimate of drug-likeness (QED) is 0.850. The number of nitrogens with one attached hydrogen (secondary N) is 1. The van der Waals surface area contributed by atoms with E-state index in [9.17, 15) is 4.79 Å². The molecule has 0 spiro atoms. The van der Waals surface area contributed by atoms with Crippen molar-refractivity contribution in [3.63, 3.8) is 0 Å². The van der Waals surface area contributed by atoms with Gasteiger partial charge in [0.15, 0.2) is 0 Å². The zero-order valence-corrected chi connectivity index (χ0v) is 11.9. The van der Waals surface area contributed by atoms with Crippen LogP contribution in [0.25, 0.3) is 0 Å². The third-order valence-electron chi connectivity index (χ3n) is 2.93. The molecule has 1 amide bonds. The first-order valence-electron chi connectivity index (χ1n) is 6.31. The first-order chi connectivity index (χ1) is 9.56. The first kappa shape index (κ1) is 14.3. The maximum Gasteiger partial charge on any atom is 0.253 e. The lowest BCUT2D eigenvalue weighted by Gasteiger charge is -2.08. The summed E-state index contributed by atoms with van der Waals surface area (Å²) in [5.41, 5.74) is 8.78. The van der Waals surface area contributed by atoms with Crippen LogP contribution >= 0.6 is 11.6 Å². The number of aryl methyl sites for hydroxylation is 1. The summed E-state index contributed by atoms with van der Waals surface area (Å²) >= 11 is 5.76. The zero-order valence-electron chi connectivity index (χ0n) is 11.2. The third-order valence-corrected chi connectivity index (χ3v) is 3.13. The van der Waals surface area contributed by atoms with E-state index in [2.05, 4.69) is 16.4 Å². The molecule has 0 saturated carbocycles. The summed E-state index contributed by atoms with van der Waals surface area (Å²) in [6.45, 7) is 2.59. The molecule has 0 saturated heterocycles. The number of halogens is 1. The fourth-order valence-electron chi connectivity index (χ4n) is 1.92. The number of pyridine rings is 1. The molecule has 0 bridgehead atoms. The molecule has 0 aliphatic carbocycles. The topological polar surface area (TPSA) is 68.0 Å². The Kier molecular flexibility index (Phi) is 4.58. The second kappa shape index (κ2) is 6.39. The molecule has 2 aromatic rings. The Labute approximate surface area is 123 Å². The molecule has 20 heavy (non-hydrogen) atoms. The number of hydrogen-bond acceptors (Lipinski definition) is 3. The van der Waals surface area contributed by atoms with Crippen LogP contribution in [0.4, 0.5) is 5.69 Å². The van der Waals surface area contributed by atoms with E-state index in [1.165, 1.54) is 23.4 Å². The highest BCUT2D eigenvalue weighted by Crippen LogP contribution is 2.14. The molecule has 5 heteroatoms. The van der Waals surface area contributed by atoms with Gasteiger partial charge < -0.3 is 11.1 Å². The normalized spacial score (nSPS) is 10.3. The summed E-state index contributed by atoms with van der Waals surface area (Å²) in [6.07, 6.45) is 2.16. The van der Waals surface area contributed by atoms with Crippen molar-refractivity contribution < 1.29 is 4.79 Å². The average Bonchev–Trinajstić information content (AvgIpc) is 2.41. The molecule has 1 aromatic carbocycles.